The molecular weight excluding hydrogens is 364 g/mol. The molecule has 1 aromatic carbocycles. The molecule has 2 unspecified atom stereocenters. The van der Waals surface area contributed by atoms with Crippen molar-refractivity contribution in [1.82, 2.24) is 0 Å². The van der Waals surface area contributed by atoms with Crippen molar-refractivity contribution in [1.29, 1.82) is 0 Å². The SMILES string of the molecule is CCC(CCCCCCCCCCC(O)CCCC(=O)O)OCc1ccccc1. The normalized spacial score (nSPS) is 13.3. The number of carbonyl (C=O) groups is 1. The van der Waals surface area contributed by atoms with E-state index in [1.165, 1.54) is 50.5 Å². The number of hydrogen-bond donors (Lipinski definition) is 2. The molecule has 4 nitrogen and oxygen atoms in total. The van der Waals surface area contributed by atoms with E-state index in [9.17, 15) is 9.90 Å². The smallest absolute Gasteiger partial charge is 0.303 e. The molecule has 0 aliphatic rings. The van der Waals surface area contributed by atoms with Crippen LogP contribution in [0.1, 0.15) is 102 Å². The summed E-state index contributed by atoms with van der Waals surface area (Å²) in [6.07, 6.45) is 14.3. The van der Waals surface area contributed by atoms with E-state index in [0.29, 0.717) is 25.6 Å². The summed E-state index contributed by atoms with van der Waals surface area (Å²) in [6.45, 7) is 2.92. The maximum Gasteiger partial charge on any atom is 0.303 e. The Hall–Kier alpha value is -1.39. The number of rotatable bonds is 19. The first-order chi connectivity index (χ1) is 14.1. The Labute approximate surface area is 177 Å². The Balaban J connectivity index is 1.89. The summed E-state index contributed by atoms with van der Waals surface area (Å²) in [5, 5.41) is 18.4. The second-order valence-corrected chi connectivity index (χ2v) is 8.17. The molecule has 0 aliphatic heterocycles. The Kier molecular flexibility index (Phi) is 15.4. The highest BCUT2D eigenvalue weighted by molar-refractivity contribution is 5.66. The molecule has 0 fully saturated rings. The molecular formula is C25H42O4. The van der Waals surface area contributed by atoms with Gasteiger partial charge in [-0.05, 0) is 37.7 Å². The Bertz CT molecular complexity index is 503. The maximum absolute atomic E-state index is 10.5. The lowest BCUT2D eigenvalue weighted by Crippen LogP contribution is -2.11. The van der Waals surface area contributed by atoms with Crippen LogP contribution in [-0.4, -0.2) is 28.4 Å². The molecule has 0 aliphatic carbocycles. The van der Waals surface area contributed by atoms with Gasteiger partial charge in [0.25, 0.3) is 0 Å². The van der Waals surface area contributed by atoms with Crippen molar-refractivity contribution in [3.63, 3.8) is 0 Å². The van der Waals surface area contributed by atoms with E-state index in [-0.39, 0.29) is 12.5 Å². The van der Waals surface area contributed by atoms with E-state index in [4.69, 9.17) is 9.84 Å². The molecule has 0 heterocycles. The minimum atomic E-state index is -0.776. The predicted molar refractivity (Wildman–Crippen MR) is 119 cm³/mol. The fourth-order valence-corrected chi connectivity index (χ4v) is 3.64. The highest BCUT2D eigenvalue weighted by Crippen LogP contribution is 2.16. The summed E-state index contributed by atoms with van der Waals surface area (Å²) in [5.74, 6) is -0.776. The summed E-state index contributed by atoms with van der Waals surface area (Å²) < 4.78 is 6.06. The number of carboxylic acid groups (broad SMARTS) is 1. The minimum absolute atomic E-state index is 0.162. The predicted octanol–water partition coefficient (Wildman–Crippen LogP) is 6.50. The monoisotopic (exact) mass is 406 g/mol. The fraction of sp³-hybridized carbons (Fsp3) is 0.720. The van der Waals surface area contributed by atoms with Gasteiger partial charge >= 0.3 is 5.97 Å². The van der Waals surface area contributed by atoms with Crippen LogP contribution < -0.4 is 0 Å². The first-order valence-corrected chi connectivity index (χ1v) is 11.7. The second-order valence-electron chi connectivity index (χ2n) is 8.17. The van der Waals surface area contributed by atoms with Gasteiger partial charge in [-0.2, -0.15) is 0 Å². The number of ether oxygens (including phenoxy) is 1. The third-order valence-electron chi connectivity index (χ3n) is 5.53. The molecule has 29 heavy (non-hydrogen) atoms. The van der Waals surface area contributed by atoms with Crippen LogP contribution in [0.5, 0.6) is 0 Å². The largest absolute Gasteiger partial charge is 0.481 e. The van der Waals surface area contributed by atoms with E-state index < -0.39 is 5.97 Å². The van der Waals surface area contributed by atoms with Crippen molar-refractivity contribution < 1.29 is 19.7 Å². The van der Waals surface area contributed by atoms with E-state index in [1.807, 2.05) is 6.07 Å². The molecule has 0 aromatic heterocycles. The van der Waals surface area contributed by atoms with Crippen molar-refractivity contribution >= 4 is 5.97 Å². The van der Waals surface area contributed by atoms with Gasteiger partial charge in [-0.1, -0.05) is 88.6 Å². The maximum atomic E-state index is 10.5. The van der Waals surface area contributed by atoms with Crippen LogP contribution in [0.3, 0.4) is 0 Å². The van der Waals surface area contributed by atoms with Gasteiger partial charge < -0.3 is 14.9 Å². The first-order valence-electron chi connectivity index (χ1n) is 11.7. The Morgan fingerprint density at radius 3 is 2.00 bits per heavy atom. The van der Waals surface area contributed by atoms with E-state index in [0.717, 1.165) is 25.7 Å². The molecule has 166 valence electrons. The van der Waals surface area contributed by atoms with Crippen LogP contribution in [0.4, 0.5) is 0 Å². The first kappa shape index (κ1) is 25.6. The molecule has 1 aromatic rings. The average Bonchev–Trinajstić information content (AvgIpc) is 2.72. The van der Waals surface area contributed by atoms with Gasteiger partial charge in [0.2, 0.25) is 0 Å². The van der Waals surface area contributed by atoms with Crippen LogP contribution in [0.15, 0.2) is 30.3 Å². The zero-order chi connectivity index (χ0) is 21.2. The molecule has 0 amide bonds. The lowest BCUT2D eigenvalue weighted by molar-refractivity contribution is -0.137. The van der Waals surface area contributed by atoms with Gasteiger partial charge in [0.05, 0.1) is 18.8 Å². The van der Waals surface area contributed by atoms with Crippen LogP contribution >= 0.6 is 0 Å². The number of unbranched alkanes of at least 4 members (excludes halogenated alkanes) is 7. The standard InChI is InChI=1S/C25H42O4/c1-2-24(29-21-22-15-10-9-11-16-22)19-13-8-6-4-3-5-7-12-17-23(26)18-14-20-25(27)28/h9-11,15-16,23-24,26H,2-8,12-14,17-21H2,1H3,(H,27,28). The van der Waals surface area contributed by atoms with Gasteiger partial charge in [-0.15, -0.1) is 0 Å². The number of carboxylic acids is 1. The summed E-state index contributed by atoms with van der Waals surface area (Å²) in [5.41, 5.74) is 1.25. The van der Waals surface area contributed by atoms with Crippen molar-refractivity contribution in [2.24, 2.45) is 0 Å². The Morgan fingerprint density at radius 1 is 0.862 bits per heavy atom. The topological polar surface area (TPSA) is 66.8 Å². The molecule has 0 radical (unpaired) electrons. The van der Waals surface area contributed by atoms with Crippen LogP contribution in [0.25, 0.3) is 0 Å². The number of aliphatic hydroxyl groups excluding tert-OH is 1. The Morgan fingerprint density at radius 2 is 1.41 bits per heavy atom. The van der Waals surface area contributed by atoms with Crippen LogP contribution in [0, 0.1) is 0 Å². The summed E-state index contributed by atoms with van der Waals surface area (Å²) in [6, 6.07) is 10.4. The molecule has 4 heteroatoms. The summed E-state index contributed by atoms with van der Waals surface area (Å²) in [7, 11) is 0. The van der Waals surface area contributed by atoms with Crippen molar-refractivity contribution in [3.8, 4) is 0 Å². The van der Waals surface area contributed by atoms with Crippen LogP contribution in [0.2, 0.25) is 0 Å². The van der Waals surface area contributed by atoms with Gasteiger partial charge in [0.1, 0.15) is 0 Å². The molecule has 0 spiro atoms. The van der Waals surface area contributed by atoms with Gasteiger partial charge in [-0.3, -0.25) is 4.79 Å². The van der Waals surface area contributed by atoms with E-state index in [1.54, 1.807) is 0 Å². The van der Waals surface area contributed by atoms with Crippen molar-refractivity contribution in [2.75, 3.05) is 0 Å². The zero-order valence-electron chi connectivity index (χ0n) is 18.4. The molecule has 0 saturated heterocycles. The van der Waals surface area contributed by atoms with Crippen molar-refractivity contribution in [2.45, 2.75) is 116 Å². The quantitative estimate of drug-likeness (QED) is 0.257. The molecule has 0 saturated carbocycles. The second kappa shape index (κ2) is 17.5. The fourth-order valence-electron chi connectivity index (χ4n) is 3.64. The highest BCUT2D eigenvalue weighted by atomic mass is 16.5. The zero-order valence-corrected chi connectivity index (χ0v) is 18.4. The molecule has 2 atom stereocenters. The third-order valence-corrected chi connectivity index (χ3v) is 5.53. The molecule has 0 bridgehead atoms. The number of benzene rings is 1. The van der Waals surface area contributed by atoms with Crippen molar-refractivity contribution in [3.05, 3.63) is 35.9 Å². The number of aliphatic carboxylic acids is 1. The molecule has 2 N–H and O–H groups in total. The highest BCUT2D eigenvalue weighted by Gasteiger charge is 2.07. The van der Waals surface area contributed by atoms with Gasteiger partial charge in [-0.25, -0.2) is 0 Å². The molecule has 1 rings (SSSR count). The minimum Gasteiger partial charge on any atom is -0.481 e. The van der Waals surface area contributed by atoms with Crippen LogP contribution in [-0.2, 0) is 16.1 Å². The lowest BCUT2D eigenvalue weighted by atomic mass is 10.0. The van der Waals surface area contributed by atoms with E-state index in [2.05, 4.69) is 31.2 Å². The lowest BCUT2D eigenvalue weighted by Gasteiger charge is -2.16. The third kappa shape index (κ3) is 15.2. The number of aliphatic hydroxyl groups is 1. The van der Waals surface area contributed by atoms with E-state index >= 15 is 0 Å². The number of hydrogen-bond acceptors (Lipinski definition) is 3. The van der Waals surface area contributed by atoms with Gasteiger partial charge in [0, 0.05) is 6.42 Å². The average molecular weight is 407 g/mol. The summed E-state index contributed by atoms with van der Waals surface area (Å²) >= 11 is 0. The summed E-state index contributed by atoms with van der Waals surface area (Å²) in [4.78, 5) is 10.5. The van der Waals surface area contributed by atoms with Gasteiger partial charge in [0.15, 0.2) is 0 Å².